The molecule has 7 nitrogen and oxygen atoms in total. The van der Waals surface area contributed by atoms with Gasteiger partial charge in [-0.05, 0) is 38.3 Å². The number of halogens is 1. The van der Waals surface area contributed by atoms with E-state index in [2.05, 4.69) is 22.1 Å². The maximum Gasteiger partial charge on any atom is 0.414 e. The van der Waals surface area contributed by atoms with Gasteiger partial charge in [-0.3, -0.25) is 9.69 Å². The van der Waals surface area contributed by atoms with Crippen molar-refractivity contribution in [2.24, 2.45) is 5.92 Å². The molecule has 164 valence electrons. The summed E-state index contributed by atoms with van der Waals surface area (Å²) < 4.78 is 5.41. The highest BCUT2D eigenvalue weighted by atomic mass is 35.5. The summed E-state index contributed by atoms with van der Waals surface area (Å²) in [7, 11) is 0. The first-order valence-electron chi connectivity index (χ1n) is 10.6. The Labute approximate surface area is 187 Å². The number of amides is 2. The number of piperidine rings is 1. The van der Waals surface area contributed by atoms with Crippen LogP contribution in [-0.2, 0) is 11.3 Å². The molecule has 8 heteroatoms. The van der Waals surface area contributed by atoms with Crippen LogP contribution in [0.15, 0.2) is 36.5 Å². The van der Waals surface area contributed by atoms with E-state index >= 15 is 0 Å². The van der Waals surface area contributed by atoms with Crippen LogP contribution >= 0.6 is 11.6 Å². The van der Waals surface area contributed by atoms with Crippen LogP contribution in [0.3, 0.4) is 0 Å². The van der Waals surface area contributed by atoms with Crippen LogP contribution in [0, 0.1) is 5.92 Å². The van der Waals surface area contributed by atoms with Crippen molar-refractivity contribution in [3.05, 3.63) is 52.7 Å². The van der Waals surface area contributed by atoms with Gasteiger partial charge in [-0.25, -0.2) is 9.78 Å². The summed E-state index contributed by atoms with van der Waals surface area (Å²) in [5, 5.41) is 3.30. The zero-order valence-electron chi connectivity index (χ0n) is 18.0. The molecule has 3 heterocycles. The lowest BCUT2D eigenvalue weighted by atomic mass is 9.91. The van der Waals surface area contributed by atoms with Gasteiger partial charge >= 0.3 is 6.09 Å². The van der Waals surface area contributed by atoms with Gasteiger partial charge in [-0.1, -0.05) is 36.7 Å². The van der Waals surface area contributed by atoms with Gasteiger partial charge in [-0.15, -0.1) is 0 Å². The number of carbonyl (C=O) groups excluding carboxylic acids is 2. The fraction of sp³-hybridized carbons (Fsp3) is 0.435. The van der Waals surface area contributed by atoms with E-state index in [9.17, 15) is 9.59 Å². The highest BCUT2D eigenvalue weighted by Gasteiger charge is 2.38. The molecule has 0 aliphatic carbocycles. The van der Waals surface area contributed by atoms with Crippen molar-refractivity contribution in [1.82, 2.24) is 10.3 Å². The quantitative estimate of drug-likeness (QED) is 0.766. The van der Waals surface area contributed by atoms with Crippen molar-refractivity contribution < 1.29 is 14.3 Å². The van der Waals surface area contributed by atoms with E-state index in [0.29, 0.717) is 36.1 Å². The van der Waals surface area contributed by atoms with E-state index < -0.39 is 0 Å². The monoisotopic (exact) mass is 442 g/mol. The molecule has 0 spiro atoms. The van der Waals surface area contributed by atoms with Gasteiger partial charge in [-0.2, -0.15) is 0 Å². The lowest BCUT2D eigenvalue weighted by Gasteiger charge is -2.44. The minimum absolute atomic E-state index is 0.0278. The van der Waals surface area contributed by atoms with E-state index in [0.717, 1.165) is 17.7 Å². The summed E-state index contributed by atoms with van der Waals surface area (Å²) in [6.07, 6.45) is 2.03. The van der Waals surface area contributed by atoms with Crippen molar-refractivity contribution in [1.29, 1.82) is 0 Å². The number of cyclic esters (lactones) is 1. The number of hydrogen-bond donors (Lipinski definition) is 1. The first kappa shape index (κ1) is 21.4. The number of para-hydroxylation sites is 1. The van der Waals surface area contributed by atoms with E-state index in [1.165, 1.54) is 0 Å². The fourth-order valence-corrected chi connectivity index (χ4v) is 4.62. The minimum Gasteiger partial charge on any atom is -0.444 e. The highest BCUT2D eigenvalue weighted by Crippen LogP contribution is 2.35. The summed E-state index contributed by atoms with van der Waals surface area (Å²) in [4.78, 5) is 33.2. The lowest BCUT2D eigenvalue weighted by Crippen LogP contribution is -2.54. The number of fused-ring (bicyclic) bond motifs is 1. The topological polar surface area (TPSA) is 74.8 Å². The second kappa shape index (κ2) is 8.75. The molecular formula is C23H27ClN4O3. The Morgan fingerprint density at radius 1 is 1.32 bits per heavy atom. The highest BCUT2D eigenvalue weighted by molar-refractivity contribution is 6.33. The Balaban J connectivity index is 1.50. The summed E-state index contributed by atoms with van der Waals surface area (Å²) in [6, 6.07) is 9.61. The van der Waals surface area contributed by atoms with Crippen LogP contribution in [0.2, 0.25) is 5.02 Å². The molecule has 0 radical (unpaired) electrons. The predicted molar refractivity (Wildman–Crippen MR) is 121 cm³/mol. The van der Waals surface area contributed by atoms with Gasteiger partial charge in [0, 0.05) is 36.9 Å². The zero-order valence-corrected chi connectivity index (χ0v) is 18.7. The van der Waals surface area contributed by atoms with Gasteiger partial charge in [0.05, 0.1) is 16.3 Å². The first-order chi connectivity index (χ1) is 14.8. The number of nitrogens with one attached hydrogen (secondary N) is 1. The van der Waals surface area contributed by atoms with Crippen molar-refractivity contribution in [2.45, 2.75) is 45.9 Å². The summed E-state index contributed by atoms with van der Waals surface area (Å²) in [6.45, 7) is 7.65. The molecule has 31 heavy (non-hydrogen) atoms. The number of aromatic nitrogens is 1. The Morgan fingerprint density at radius 3 is 2.81 bits per heavy atom. The predicted octanol–water partition coefficient (Wildman–Crippen LogP) is 4.24. The van der Waals surface area contributed by atoms with Crippen molar-refractivity contribution in [3.63, 3.8) is 0 Å². The fourth-order valence-electron chi connectivity index (χ4n) is 4.33. The molecule has 1 N–H and O–H groups in total. The Morgan fingerprint density at radius 2 is 2.10 bits per heavy atom. The summed E-state index contributed by atoms with van der Waals surface area (Å²) in [5.41, 5.74) is 2.40. The second-order valence-corrected chi connectivity index (χ2v) is 8.90. The number of anilines is 2. The molecule has 4 rings (SSSR count). The zero-order chi connectivity index (χ0) is 22.1. The third-order valence-corrected chi connectivity index (χ3v) is 6.07. The molecule has 1 saturated heterocycles. The average Bonchev–Trinajstić information content (AvgIpc) is 2.73. The number of benzene rings is 1. The standard InChI is InChI=1S/C23H27ClN4O3/c1-14(2)26-22(29)17-10-18(24)21(25-11-17)27-9-8-19(15(3)12-27)28-20-7-5-4-6-16(20)13-31-23(28)30/h4-7,10-11,14-15,19H,8-9,12-13H2,1-3H3,(H,26,29)/t15-,19+/m0/s1. The molecule has 2 aliphatic rings. The molecule has 0 bridgehead atoms. The van der Waals surface area contributed by atoms with Crippen molar-refractivity contribution >= 4 is 35.1 Å². The van der Waals surface area contributed by atoms with Gasteiger partial charge in [0.15, 0.2) is 0 Å². The van der Waals surface area contributed by atoms with Crippen LogP contribution in [0.1, 0.15) is 43.1 Å². The Hall–Kier alpha value is -2.80. The third kappa shape index (κ3) is 4.32. The molecule has 2 atom stereocenters. The molecule has 0 saturated carbocycles. The molecule has 1 aromatic heterocycles. The number of carbonyl (C=O) groups is 2. The maximum absolute atomic E-state index is 12.6. The molecule has 2 amide bonds. The normalized spacial score (nSPS) is 21.0. The van der Waals surface area contributed by atoms with Crippen molar-refractivity contribution in [2.75, 3.05) is 22.9 Å². The first-order valence-corrected chi connectivity index (χ1v) is 11.0. The van der Waals surface area contributed by atoms with Crippen LogP contribution in [0.4, 0.5) is 16.3 Å². The molecule has 2 aliphatic heterocycles. The van der Waals surface area contributed by atoms with E-state index in [4.69, 9.17) is 16.3 Å². The van der Waals surface area contributed by atoms with Gasteiger partial charge in [0.2, 0.25) is 0 Å². The second-order valence-electron chi connectivity index (χ2n) is 8.49. The lowest BCUT2D eigenvalue weighted by molar-refractivity contribution is 0.0942. The smallest absolute Gasteiger partial charge is 0.414 e. The molecule has 2 aromatic rings. The maximum atomic E-state index is 12.6. The number of rotatable bonds is 4. The molecular weight excluding hydrogens is 416 g/mol. The van der Waals surface area contributed by atoms with E-state index in [-0.39, 0.29) is 30.0 Å². The van der Waals surface area contributed by atoms with E-state index in [1.54, 1.807) is 17.2 Å². The van der Waals surface area contributed by atoms with Crippen LogP contribution in [0.25, 0.3) is 0 Å². The van der Waals surface area contributed by atoms with Crippen LogP contribution in [0.5, 0.6) is 0 Å². The Kier molecular flexibility index (Phi) is 6.05. The van der Waals surface area contributed by atoms with E-state index in [1.807, 2.05) is 38.1 Å². The number of pyridine rings is 1. The number of nitrogens with zero attached hydrogens (tertiary/aromatic N) is 3. The molecule has 1 aromatic carbocycles. The largest absolute Gasteiger partial charge is 0.444 e. The Bertz CT molecular complexity index is 997. The van der Waals surface area contributed by atoms with Gasteiger partial charge < -0.3 is 15.0 Å². The molecule has 0 unspecified atom stereocenters. The number of ether oxygens (including phenoxy) is 1. The number of hydrogen-bond acceptors (Lipinski definition) is 5. The minimum atomic E-state index is -0.291. The van der Waals surface area contributed by atoms with Crippen LogP contribution in [-0.4, -0.2) is 42.2 Å². The van der Waals surface area contributed by atoms with Crippen molar-refractivity contribution in [3.8, 4) is 0 Å². The third-order valence-electron chi connectivity index (χ3n) is 5.79. The molecule has 1 fully saturated rings. The SMILES string of the molecule is CC(C)NC(=O)c1cnc(N2CC[C@@H](N3C(=O)OCc4ccccc43)[C@@H](C)C2)c(Cl)c1. The van der Waals surface area contributed by atoms with Crippen LogP contribution < -0.4 is 15.1 Å². The average molecular weight is 443 g/mol. The summed E-state index contributed by atoms with van der Waals surface area (Å²) >= 11 is 6.50. The summed E-state index contributed by atoms with van der Waals surface area (Å²) in [5.74, 6) is 0.647. The van der Waals surface area contributed by atoms with Gasteiger partial charge in [0.25, 0.3) is 5.91 Å². The van der Waals surface area contributed by atoms with Gasteiger partial charge in [0.1, 0.15) is 12.4 Å².